The Labute approximate surface area is 316 Å². The zero-order valence-electron chi connectivity index (χ0n) is 34.4. The average Bonchev–Trinajstić information content (AvgIpc) is 3.08. The van der Waals surface area contributed by atoms with Crippen molar-refractivity contribution in [1.82, 2.24) is 4.90 Å². The zero-order valence-corrected chi connectivity index (χ0v) is 34.4. The van der Waals surface area contributed by atoms with Crippen molar-refractivity contribution in [1.29, 1.82) is 0 Å². The van der Waals surface area contributed by atoms with E-state index >= 15 is 0 Å². The molecule has 14 nitrogen and oxygen atoms in total. The summed E-state index contributed by atoms with van der Waals surface area (Å²) in [6.07, 6.45) is -7.98. The molecule has 3 fully saturated rings. The molecule has 0 spiro atoms. The van der Waals surface area contributed by atoms with E-state index in [0.29, 0.717) is 12.8 Å². The van der Waals surface area contributed by atoms with Crippen LogP contribution >= 0.6 is 0 Å². The van der Waals surface area contributed by atoms with Crippen LogP contribution in [0.1, 0.15) is 102 Å². The minimum absolute atomic E-state index is 0.0942. The Balaban J connectivity index is 2.24. The largest absolute Gasteiger partial charge is 0.462 e. The normalized spacial score (nSPS) is 46.8. The van der Waals surface area contributed by atoms with Gasteiger partial charge in [-0.25, -0.2) is 0 Å². The third-order valence-electron chi connectivity index (χ3n) is 12.1. The monoisotopic (exact) mass is 759 g/mol. The van der Waals surface area contributed by atoms with Crippen LogP contribution in [0.5, 0.6) is 0 Å². The van der Waals surface area contributed by atoms with E-state index in [9.17, 15) is 29.7 Å². The Kier molecular flexibility index (Phi) is 15.9. The molecule has 3 aliphatic rings. The van der Waals surface area contributed by atoms with Crippen molar-refractivity contribution in [3.63, 3.8) is 0 Å². The van der Waals surface area contributed by atoms with Crippen LogP contribution in [0, 0.1) is 29.6 Å². The molecule has 18 atom stereocenters. The molecule has 3 saturated heterocycles. The molecule has 3 aliphatic heterocycles. The lowest BCUT2D eigenvalue weighted by Gasteiger charge is -2.49. The summed E-state index contributed by atoms with van der Waals surface area (Å²) in [6, 6.07) is -0.266. The first-order chi connectivity index (χ1) is 24.5. The first-order valence-electron chi connectivity index (χ1n) is 19.3. The van der Waals surface area contributed by atoms with E-state index in [0.717, 1.165) is 0 Å². The standard InChI is InChI=1S/C39H69NO13/c1-15-28-21(4)31(43)22(5)30(42)19(2)17-39(11,47-14)35(53-37-33(50-26(9)41)27(40(12)13)16-20(3)48-37)23(6)32(24(7)36(45)51-28)52-29-18-38(10,46)34(44)25(8)49-29/h19-25,27-29,31-35,37,43-44,46H,15-18H2,1-14H3/t19-,20-,21+,22+,23+,24-,25+,27+,28?,29+,31+,32?,33-,34+,35-,37+,38-,39-/m1/s1. The second-order valence-electron chi connectivity index (χ2n) is 16.8. The fourth-order valence-electron chi connectivity index (χ4n) is 8.65. The Bertz CT molecular complexity index is 1230. The highest BCUT2D eigenvalue weighted by Crippen LogP contribution is 2.41. The number of carbonyl (C=O) groups is 3. The van der Waals surface area contributed by atoms with E-state index in [-0.39, 0.29) is 30.8 Å². The molecule has 0 radical (unpaired) electrons. The number of Topliss-reactive ketones (excluding diaryl/α,β-unsaturated/α-hetero) is 1. The van der Waals surface area contributed by atoms with Crippen LogP contribution < -0.4 is 0 Å². The third kappa shape index (κ3) is 10.6. The van der Waals surface area contributed by atoms with Crippen molar-refractivity contribution in [2.45, 2.75) is 181 Å². The molecule has 0 aromatic heterocycles. The van der Waals surface area contributed by atoms with Crippen molar-refractivity contribution < 1.29 is 62.9 Å². The maximum Gasteiger partial charge on any atom is 0.311 e. The van der Waals surface area contributed by atoms with Gasteiger partial charge in [0.15, 0.2) is 18.7 Å². The summed E-state index contributed by atoms with van der Waals surface area (Å²) in [5.41, 5.74) is -2.80. The molecule has 53 heavy (non-hydrogen) atoms. The van der Waals surface area contributed by atoms with Gasteiger partial charge in [-0.05, 0) is 68.0 Å². The first-order valence-corrected chi connectivity index (χ1v) is 19.3. The second kappa shape index (κ2) is 18.5. The molecule has 2 unspecified atom stereocenters. The van der Waals surface area contributed by atoms with E-state index in [1.54, 1.807) is 34.6 Å². The second-order valence-corrected chi connectivity index (χ2v) is 16.8. The molecular formula is C39H69NO13. The smallest absolute Gasteiger partial charge is 0.311 e. The van der Waals surface area contributed by atoms with Crippen molar-refractivity contribution in [3.8, 4) is 0 Å². The molecule has 0 saturated carbocycles. The lowest BCUT2D eigenvalue weighted by molar-refractivity contribution is -0.318. The average molecular weight is 760 g/mol. The van der Waals surface area contributed by atoms with E-state index in [1.165, 1.54) is 21.0 Å². The Morgan fingerprint density at radius 1 is 0.925 bits per heavy atom. The Morgan fingerprint density at radius 2 is 1.55 bits per heavy atom. The summed E-state index contributed by atoms with van der Waals surface area (Å²) in [4.78, 5) is 42.6. The summed E-state index contributed by atoms with van der Waals surface area (Å²) in [5, 5.41) is 33.2. The van der Waals surface area contributed by atoms with Gasteiger partial charge in [0.2, 0.25) is 0 Å². The maximum absolute atomic E-state index is 14.2. The van der Waals surface area contributed by atoms with Crippen molar-refractivity contribution in [2.24, 2.45) is 29.6 Å². The minimum Gasteiger partial charge on any atom is -0.462 e. The molecular weight excluding hydrogens is 690 g/mol. The van der Waals surface area contributed by atoms with Crippen molar-refractivity contribution in [2.75, 3.05) is 21.2 Å². The van der Waals surface area contributed by atoms with Gasteiger partial charge in [-0.3, -0.25) is 14.4 Å². The number of nitrogens with zero attached hydrogens (tertiary/aromatic N) is 1. The number of rotatable bonds is 8. The number of methoxy groups -OCH3 is 1. The van der Waals surface area contributed by atoms with Crippen LogP contribution in [-0.4, -0.2) is 138 Å². The lowest BCUT2D eigenvalue weighted by atomic mass is 9.74. The number of ether oxygens (including phenoxy) is 7. The van der Waals surface area contributed by atoms with E-state index in [2.05, 4.69) is 0 Å². The molecule has 0 aliphatic carbocycles. The first kappa shape index (κ1) is 45.6. The zero-order chi connectivity index (χ0) is 40.3. The third-order valence-corrected chi connectivity index (χ3v) is 12.1. The summed E-state index contributed by atoms with van der Waals surface area (Å²) in [5.74, 6) is -4.90. The fraction of sp³-hybridized carbons (Fsp3) is 0.923. The van der Waals surface area contributed by atoms with Crippen molar-refractivity contribution in [3.05, 3.63) is 0 Å². The van der Waals surface area contributed by atoms with E-state index in [1.807, 2.05) is 46.7 Å². The number of esters is 2. The number of aliphatic hydroxyl groups is 3. The number of likely N-dealkylation sites (N-methyl/N-ethyl adjacent to an activating group) is 1. The van der Waals surface area contributed by atoms with E-state index < -0.39 is 108 Å². The number of cyclic esters (lactones) is 1. The summed E-state index contributed by atoms with van der Waals surface area (Å²) < 4.78 is 44.3. The van der Waals surface area contributed by atoms with Gasteiger partial charge in [0, 0.05) is 44.1 Å². The fourth-order valence-corrected chi connectivity index (χ4v) is 8.65. The maximum atomic E-state index is 14.2. The van der Waals surface area contributed by atoms with Gasteiger partial charge in [0.1, 0.15) is 18.0 Å². The number of hydrogen-bond donors (Lipinski definition) is 3. The topological polar surface area (TPSA) is 180 Å². The highest BCUT2D eigenvalue weighted by atomic mass is 16.7. The summed E-state index contributed by atoms with van der Waals surface area (Å²) in [6.45, 7) is 18.8. The Hall–Kier alpha value is -1.75. The minimum atomic E-state index is -1.55. The molecule has 3 rings (SSSR count). The van der Waals surface area contributed by atoms with Crippen LogP contribution in [0.3, 0.4) is 0 Å². The molecule has 3 heterocycles. The number of carbonyl (C=O) groups excluding carboxylic acids is 3. The predicted octanol–water partition coefficient (Wildman–Crippen LogP) is 3.24. The van der Waals surface area contributed by atoms with Gasteiger partial charge in [-0.2, -0.15) is 0 Å². The molecule has 3 N–H and O–H groups in total. The highest BCUT2D eigenvalue weighted by molar-refractivity contribution is 5.83. The Morgan fingerprint density at radius 3 is 2.08 bits per heavy atom. The van der Waals surface area contributed by atoms with E-state index in [4.69, 9.17) is 33.2 Å². The molecule has 308 valence electrons. The predicted molar refractivity (Wildman–Crippen MR) is 194 cm³/mol. The molecule has 14 heteroatoms. The SMILES string of the molecule is CCC1OC(=O)[C@H](C)C(O[C@H]2C[C@@](C)(O)[C@@H](O)[C@H](C)O2)[C@H](C)[C@@H](O[C@@H]2O[C@H](C)C[C@H](N(C)C)[C@H]2OC(C)=O)[C@](C)(OC)C[C@@H](C)C(=O)[C@H](C)[C@@H](O)[C@H]1C. The van der Waals surface area contributed by atoms with Crippen LogP contribution in [-0.2, 0) is 47.5 Å². The van der Waals surface area contributed by atoms with Gasteiger partial charge in [0.25, 0.3) is 0 Å². The highest BCUT2D eigenvalue weighted by Gasteiger charge is 2.53. The van der Waals surface area contributed by atoms with Crippen molar-refractivity contribution >= 4 is 17.7 Å². The van der Waals surface area contributed by atoms with Crippen LogP contribution in [0.25, 0.3) is 0 Å². The lowest BCUT2D eigenvalue weighted by Crippen LogP contribution is -2.61. The molecule has 0 aromatic carbocycles. The summed E-state index contributed by atoms with van der Waals surface area (Å²) >= 11 is 0. The molecule has 0 aromatic rings. The quantitative estimate of drug-likeness (QED) is 0.307. The molecule has 0 bridgehead atoms. The van der Waals surface area contributed by atoms with Crippen LogP contribution in [0.2, 0.25) is 0 Å². The van der Waals surface area contributed by atoms with Gasteiger partial charge in [-0.1, -0.05) is 34.6 Å². The number of hydrogen-bond acceptors (Lipinski definition) is 14. The van der Waals surface area contributed by atoms with Crippen LogP contribution in [0.15, 0.2) is 0 Å². The van der Waals surface area contributed by atoms with Gasteiger partial charge in [-0.15, -0.1) is 0 Å². The van der Waals surface area contributed by atoms with Gasteiger partial charge < -0.3 is 53.4 Å². The van der Waals surface area contributed by atoms with Gasteiger partial charge in [0.05, 0.1) is 53.7 Å². The van der Waals surface area contributed by atoms with Crippen LogP contribution in [0.4, 0.5) is 0 Å². The van der Waals surface area contributed by atoms with Gasteiger partial charge >= 0.3 is 11.9 Å². The summed E-state index contributed by atoms with van der Waals surface area (Å²) in [7, 11) is 5.30. The number of ketones is 1. The number of aliphatic hydroxyl groups excluding tert-OH is 2. The molecule has 0 amide bonds.